The number of hydrogen-bond donors (Lipinski definition) is 1. The molecule has 6 nitrogen and oxygen atoms in total. The first-order chi connectivity index (χ1) is 11.3. The van der Waals surface area contributed by atoms with Crippen LogP contribution >= 0.6 is 0 Å². The van der Waals surface area contributed by atoms with Crippen molar-refractivity contribution >= 4 is 11.7 Å². The van der Waals surface area contributed by atoms with Gasteiger partial charge in [0.1, 0.15) is 5.82 Å². The molecule has 122 valence electrons. The normalized spacial score (nSPS) is 18.0. The number of carbonyl (C=O) groups excluding carboxylic acids is 1. The molecule has 3 heterocycles. The fraction of sp³-hybridized carbons (Fsp3) is 0.471. The second-order valence-corrected chi connectivity index (χ2v) is 5.89. The zero-order valence-electron chi connectivity index (χ0n) is 13.5. The largest absolute Gasteiger partial charge is 0.373 e. The molecule has 0 radical (unpaired) electrons. The molecule has 1 aliphatic rings. The maximum absolute atomic E-state index is 12.8. The first-order valence-corrected chi connectivity index (χ1v) is 8.20. The molecule has 0 unspecified atom stereocenters. The highest BCUT2D eigenvalue weighted by atomic mass is 16.2. The lowest BCUT2D eigenvalue weighted by molar-refractivity contribution is 0.0593. The van der Waals surface area contributed by atoms with Crippen LogP contribution in [-0.2, 0) is 6.54 Å². The van der Waals surface area contributed by atoms with Crippen molar-refractivity contribution in [3.63, 3.8) is 0 Å². The Bertz CT molecular complexity index is 623. The van der Waals surface area contributed by atoms with Gasteiger partial charge in [-0.3, -0.25) is 9.48 Å². The van der Waals surface area contributed by atoms with Crippen molar-refractivity contribution in [2.24, 2.45) is 0 Å². The number of carbonyl (C=O) groups is 1. The molecular weight excluding hydrogens is 290 g/mol. The van der Waals surface area contributed by atoms with Gasteiger partial charge in [-0.2, -0.15) is 5.10 Å². The van der Waals surface area contributed by atoms with Crippen LogP contribution in [0.1, 0.15) is 36.0 Å². The average molecular weight is 313 g/mol. The van der Waals surface area contributed by atoms with Gasteiger partial charge in [0.25, 0.3) is 5.91 Å². The van der Waals surface area contributed by atoms with Crippen LogP contribution in [0.3, 0.4) is 0 Å². The zero-order chi connectivity index (χ0) is 16.1. The Morgan fingerprint density at radius 3 is 3.00 bits per heavy atom. The smallest absolute Gasteiger partial charge is 0.255 e. The van der Waals surface area contributed by atoms with Crippen molar-refractivity contribution in [1.29, 1.82) is 0 Å². The van der Waals surface area contributed by atoms with Gasteiger partial charge in [-0.15, -0.1) is 0 Å². The van der Waals surface area contributed by atoms with Gasteiger partial charge in [-0.05, 0) is 43.9 Å². The van der Waals surface area contributed by atoms with E-state index in [1.807, 2.05) is 41.0 Å². The zero-order valence-corrected chi connectivity index (χ0v) is 13.5. The van der Waals surface area contributed by atoms with Gasteiger partial charge >= 0.3 is 0 Å². The molecule has 1 amide bonds. The predicted molar refractivity (Wildman–Crippen MR) is 89.3 cm³/mol. The predicted octanol–water partition coefficient (Wildman–Crippen LogP) is 2.40. The summed E-state index contributed by atoms with van der Waals surface area (Å²) >= 11 is 0. The quantitative estimate of drug-likeness (QED) is 0.921. The number of pyridine rings is 1. The van der Waals surface area contributed by atoms with Crippen molar-refractivity contribution in [2.75, 3.05) is 18.9 Å². The van der Waals surface area contributed by atoms with Gasteiger partial charge in [-0.1, -0.05) is 0 Å². The maximum Gasteiger partial charge on any atom is 0.255 e. The van der Waals surface area contributed by atoms with E-state index in [0.29, 0.717) is 5.56 Å². The molecule has 1 atom stereocenters. The molecule has 2 aromatic rings. The summed E-state index contributed by atoms with van der Waals surface area (Å²) < 4.78 is 1.93. The Kier molecular flexibility index (Phi) is 4.90. The molecule has 0 bridgehead atoms. The minimum atomic E-state index is 0.0883. The van der Waals surface area contributed by atoms with E-state index >= 15 is 0 Å². The molecular formula is C17H23N5O. The number of nitrogens with one attached hydrogen (secondary N) is 1. The Balaban J connectivity index is 1.67. The monoisotopic (exact) mass is 313 g/mol. The van der Waals surface area contributed by atoms with Gasteiger partial charge in [0, 0.05) is 44.8 Å². The van der Waals surface area contributed by atoms with Crippen molar-refractivity contribution in [3.05, 3.63) is 42.4 Å². The Morgan fingerprint density at radius 2 is 2.30 bits per heavy atom. The first kappa shape index (κ1) is 15.5. The summed E-state index contributed by atoms with van der Waals surface area (Å²) in [6.45, 7) is 1.68. The molecule has 1 saturated heterocycles. The summed E-state index contributed by atoms with van der Waals surface area (Å²) in [5.41, 5.74) is 0.662. The molecule has 2 aromatic heterocycles. The maximum atomic E-state index is 12.8. The molecule has 1 fully saturated rings. The molecule has 1 N–H and O–H groups in total. The lowest BCUT2D eigenvalue weighted by atomic mass is 9.98. The van der Waals surface area contributed by atoms with Crippen molar-refractivity contribution in [3.8, 4) is 0 Å². The SMILES string of the molecule is CNc1ccc(C(=O)N2CCCC[C@H]2CCn2cccn2)cn1. The molecule has 0 aliphatic carbocycles. The first-order valence-electron chi connectivity index (χ1n) is 8.20. The van der Waals surface area contributed by atoms with Gasteiger partial charge in [-0.25, -0.2) is 4.98 Å². The summed E-state index contributed by atoms with van der Waals surface area (Å²) in [5.74, 6) is 0.862. The van der Waals surface area contributed by atoms with Crippen LogP contribution in [0, 0.1) is 0 Å². The molecule has 3 rings (SSSR count). The van der Waals surface area contributed by atoms with E-state index in [1.165, 1.54) is 6.42 Å². The number of amides is 1. The number of hydrogen-bond acceptors (Lipinski definition) is 4. The van der Waals surface area contributed by atoms with Crippen LogP contribution in [0.25, 0.3) is 0 Å². The molecule has 0 aromatic carbocycles. The second kappa shape index (κ2) is 7.26. The fourth-order valence-corrected chi connectivity index (χ4v) is 3.12. The van der Waals surface area contributed by atoms with Gasteiger partial charge < -0.3 is 10.2 Å². The van der Waals surface area contributed by atoms with E-state index < -0.39 is 0 Å². The van der Waals surface area contributed by atoms with E-state index in [-0.39, 0.29) is 11.9 Å². The van der Waals surface area contributed by atoms with E-state index in [1.54, 1.807) is 12.4 Å². The van der Waals surface area contributed by atoms with E-state index in [0.717, 1.165) is 38.2 Å². The number of aromatic nitrogens is 3. The van der Waals surface area contributed by atoms with Crippen LogP contribution in [0.15, 0.2) is 36.8 Å². The van der Waals surface area contributed by atoms with Crippen LogP contribution in [0.4, 0.5) is 5.82 Å². The number of nitrogens with zero attached hydrogens (tertiary/aromatic N) is 4. The number of aryl methyl sites for hydroxylation is 1. The number of likely N-dealkylation sites (tertiary alicyclic amines) is 1. The van der Waals surface area contributed by atoms with Crippen molar-refractivity contribution < 1.29 is 4.79 Å². The fourth-order valence-electron chi connectivity index (χ4n) is 3.12. The van der Waals surface area contributed by atoms with Crippen LogP contribution in [-0.4, -0.2) is 45.2 Å². The topological polar surface area (TPSA) is 63.1 Å². The Labute approximate surface area is 136 Å². The number of rotatable bonds is 5. The van der Waals surface area contributed by atoms with Crippen LogP contribution in [0.5, 0.6) is 0 Å². The highest BCUT2D eigenvalue weighted by molar-refractivity contribution is 5.94. The summed E-state index contributed by atoms with van der Waals surface area (Å²) in [4.78, 5) is 19.1. The molecule has 0 spiro atoms. The van der Waals surface area contributed by atoms with Crippen molar-refractivity contribution in [1.82, 2.24) is 19.7 Å². The number of piperidine rings is 1. The lowest BCUT2D eigenvalue weighted by Crippen LogP contribution is -2.44. The van der Waals surface area contributed by atoms with Crippen LogP contribution in [0.2, 0.25) is 0 Å². The van der Waals surface area contributed by atoms with Gasteiger partial charge in [0.2, 0.25) is 0 Å². The highest BCUT2D eigenvalue weighted by Gasteiger charge is 2.27. The van der Waals surface area contributed by atoms with E-state index in [9.17, 15) is 4.79 Å². The van der Waals surface area contributed by atoms with Crippen molar-refractivity contribution in [2.45, 2.75) is 38.3 Å². The van der Waals surface area contributed by atoms with E-state index in [4.69, 9.17) is 0 Å². The van der Waals surface area contributed by atoms with Crippen LogP contribution < -0.4 is 5.32 Å². The van der Waals surface area contributed by atoms with Gasteiger partial charge in [0.15, 0.2) is 0 Å². The third kappa shape index (κ3) is 3.70. The lowest BCUT2D eigenvalue weighted by Gasteiger charge is -2.36. The Hall–Kier alpha value is -2.37. The standard InChI is InChI=1S/C17H23N5O/c1-18-16-7-6-14(13-19-16)17(23)22-11-3-2-5-15(22)8-12-21-10-4-9-20-21/h4,6-7,9-10,13,15H,2-3,5,8,11-12H2,1H3,(H,18,19)/t15-/m0/s1. The number of anilines is 1. The third-order valence-electron chi connectivity index (χ3n) is 4.41. The molecule has 0 saturated carbocycles. The molecule has 23 heavy (non-hydrogen) atoms. The highest BCUT2D eigenvalue weighted by Crippen LogP contribution is 2.22. The Morgan fingerprint density at radius 1 is 1.39 bits per heavy atom. The van der Waals surface area contributed by atoms with Gasteiger partial charge in [0.05, 0.1) is 5.56 Å². The minimum Gasteiger partial charge on any atom is -0.373 e. The summed E-state index contributed by atoms with van der Waals surface area (Å²) in [5, 5.41) is 7.22. The minimum absolute atomic E-state index is 0.0883. The summed E-state index contributed by atoms with van der Waals surface area (Å²) in [7, 11) is 1.82. The molecule has 6 heteroatoms. The third-order valence-corrected chi connectivity index (χ3v) is 4.41. The average Bonchev–Trinajstić information content (AvgIpc) is 3.13. The second-order valence-electron chi connectivity index (χ2n) is 5.89. The summed E-state index contributed by atoms with van der Waals surface area (Å²) in [6, 6.07) is 5.90. The van der Waals surface area contributed by atoms with E-state index in [2.05, 4.69) is 15.4 Å². The molecule has 1 aliphatic heterocycles. The summed E-state index contributed by atoms with van der Waals surface area (Å²) in [6.07, 6.45) is 9.68.